The number of nitro groups is 1. The standard InChI is InChI=1S/C16H25N3O3/c1-4-6-8-13(5-2)11-17-16(20)18-14-9-7-10-15(12(14)3)19(21)22/h7,9-10,13H,4-6,8,11H2,1-3H3,(H2,17,18,20). The molecular weight excluding hydrogens is 282 g/mol. The lowest BCUT2D eigenvalue weighted by Gasteiger charge is -2.16. The van der Waals surface area contributed by atoms with Crippen LogP contribution in [0.4, 0.5) is 16.2 Å². The van der Waals surface area contributed by atoms with Gasteiger partial charge in [-0.05, 0) is 25.3 Å². The Hall–Kier alpha value is -2.11. The van der Waals surface area contributed by atoms with E-state index < -0.39 is 4.92 Å². The number of unbranched alkanes of at least 4 members (excludes halogenated alkanes) is 1. The summed E-state index contributed by atoms with van der Waals surface area (Å²) in [4.78, 5) is 22.4. The highest BCUT2D eigenvalue weighted by Crippen LogP contribution is 2.24. The molecule has 0 radical (unpaired) electrons. The van der Waals surface area contributed by atoms with Crippen molar-refractivity contribution in [3.8, 4) is 0 Å². The maximum absolute atomic E-state index is 11.9. The van der Waals surface area contributed by atoms with E-state index >= 15 is 0 Å². The number of anilines is 1. The molecule has 122 valence electrons. The predicted octanol–water partition coefficient (Wildman–Crippen LogP) is 4.24. The van der Waals surface area contributed by atoms with Crippen molar-refractivity contribution in [3.05, 3.63) is 33.9 Å². The minimum absolute atomic E-state index is 0.00665. The molecule has 6 nitrogen and oxygen atoms in total. The number of amides is 2. The first-order valence-corrected chi connectivity index (χ1v) is 7.78. The second-order valence-corrected chi connectivity index (χ2v) is 5.46. The maximum Gasteiger partial charge on any atom is 0.319 e. The van der Waals surface area contributed by atoms with Crippen LogP contribution in [-0.4, -0.2) is 17.5 Å². The van der Waals surface area contributed by atoms with E-state index in [0.29, 0.717) is 23.7 Å². The number of urea groups is 1. The van der Waals surface area contributed by atoms with Crippen molar-refractivity contribution >= 4 is 17.4 Å². The van der Waals surface area contributed by atoms with Crippen LogP contribution in [-0.2, 0) is 0 Å². The number of nitrogens with zero attached hydrogens (tertiary/aromatic N) is 1. The molecular formula is C16H25N3O3. The van der Waals surface area contributed by atoms with Gasteiger partial charge in [0.05, 0.1) is 16.2 Å². The van der Waals surface area contributed by atoms with Gasteiger partial charge in [-0.25, -0.2) is 4.79 Å². The summed E-state index contributed by atoms with van der Waals surface area (Å²) in [6, 6.07) is 4.34. The quantitative estimate of drug-likeness (QED) is 0.556. The molecule has 2 N–H and O–H groups in total. The second kappa shape index (κ2) is 9.02. The highest BCUT2D eigenvalue weighted by Gasteiger charge is 2.15. The zero-order valence-electron chi connectivity index (χ0n) is 13.5. The summed E-state index contributed by atoms with van der Waals surface area (Å²) in [7, 11) is 0. The van der Waals surface area contributed by atoms with Gasteiger partial charge in [0.25, 0.3) is 5.69 Å². The van der Waals surface area contributed by atoms with Crippen LogP contribution in [0.3, 0.4) is 0 Å². The van der Waals surface area contributed by atoms with Gasteiger partial charge < -0.3 is 10.6 Å². The van der Waals surface area contributed by atoms with Crippen LogP contribution in [0.15, 0.2) is 18.2 Å². The van der Waals surface area contributed by atoms with Crippen LogP contribution in [0, 0.1) is 23.0 Å². The van der Waals surface area contributed by atoms with E-state index in [1.165, 1.54) is 6.07 Å². The number of carbonyl (C=O) groups is 1. The largest absolute Gasteiger partial charge is 0.338 e. The molecule has 1 atom stereocenters. The Kier molecular flexibility index (Phi) is 7.36. The fourth-order valence-electron chi connectivity index (χ4n) is 2.30. The molecule has 0 aromatic heterocycles. The number of hydrogen-bond acceptors (Lipinski definition) is 3. The van der Waals surface area contributed by atoms with Gasteiger partial charge in [-0.1, -0.05) is 39.2 Å². The molecule has 0 aliphatic carbocycles. The lowest BCUT2D eigenvalue weighted by Crippen LogP contribution is -2.33. The van der Waals surface area contributed by atoms with Crippen LogP contribution < -0.4 is 10.6 Å². The van der Waals surface area contributed by atoms with Gasteiger partial charge >= 0.3 is 6.03 Å². The molecule has 1 rings (SSSR count). The van der Waals surface area contributed by atoms with Gasteiger partial charge in [-0.2, -0.15) is 0 Å². The third-order valence-corrected chi connectivity index (χ3v) is 3.84. The molecule has 0 aliphatic rings. The van der Waals surface area contributed by atoms with Crippen LogP contribution in [0.1, 0.15) is 45.1 Å². The molecule has 0 heterocycles. The molecule has 0 saturated heterocycles. The molecule has 0 bridgehead atoms. The summed E-state index contributed by atoms with van der Waals surface area (Å²) < 4.78 is 0. The van der Waals surface area contributed by atoms with Crippen LogP contribution in [0.5, 0.6) is 0 Å². The fraction of sp³-hybridized carbons (Fsp3) is 0.562. The van der Waals surface area contributed by atoms with Gasteiger partial charge in [0, 0.05) is 12.6 Å². The van der Waals surface area contributed by atoms with Crippen molar-refractivity contribution < 1.29 is 9.72 Å². The van der Waals surface area contributed by atoms with Gasteiger partial charge in [0.2, 0.25) is 0 Å². The smallest absolute Gasteiger partial charge is 0.319 e. The molecule has 0 spiro atoms. The Morgan fingerprint density at radius 1 is 1.36 bits per heavy atom. The monoisotopic (exact) mass is 307 g/mol. The van der Waals surface area contributed by atoms with Crippen molar-refractivity contribution in [3.63, 3.8) is 0 Å². The Labute approximate surface area is 131 Å². The fourth-order valence-corrected chi connectivity index (χ4v) is 2.30. The first-order chi connectivity index (χ1) is 10.5. The minimum atomic E-state index is -0.448. The van der Waals surface area contributed by atoms with E-state index in [1.807, 2.05) is 0 Å². The average Bonchev–Trinajstić information content (AvgIpc) is 2.49. The number of nitro benzene ring substituents is 1. The molecule has 0 fully saturated rings. The summed E-state index contributed by atoms with van der Waals surface area (Å²) in [5.74, 6) is 0.469. The van der Waals surface area contributed by atoms with E-state index in [-0.39, 0.29) is 11.7 Å². The molecule has 0 aliphatic heterocycles. The highest BCUT2D eigenvalue weighted by molar-refractivity contribution is 5.90. The van der Waals surface area contributed by atoms with E-state index in [9.17, 15) is 14.9 Å². The molecule has 6 heteroatoms. The Balaban J connectivity index is 2.58. The summed E-state index contributed by atoms with van der Waals surface area (Å²) in [6.45, 7) is 6.52. The summed E-state index contributed by atoms with van der Waals surface area (Å²) in [5, 5.41) is 16.4. The second-order valence-electron chi connectivity index (χ2n) is 5.46. The first-order valence-electron chi connectivity index (χ1n) is 7.78. The summed E-state index contributed by atoms with van der Waals surface area (Å²) in [6.07, 6.45) is 4.43. The summed E-state index contributed by atoms with van der Waals surface area (Å²) >= 11 is 0. The third-order valence-electron chi connectivity index (χ3n) is 3.84. The minimum Gasteiger partial charge on any atom is -0.338 e. The van der Waals surface area contributed by atoms with E-state index in [2.05, 4.69) is 24.5 Å². The zero-order chi connectivity index (χ0) is 16.5. The van der Waals surface area contributed by atoms with Crippen LogP contribution in [0.2, 0.25) is 0 Å². The van der Waals surface area contributed by atoms with Crippen molar-refractivity contribution in [2.45, 2.75) is 46.5 Å². The number of benzene rings is 1. The molecule has 1 unspecified atom stereocenters. The average molecular weight is 307 g/mol. The highest BCUT2D eigenvalue weighted by atomic mass is 16.6. The summed E-state index contributed by atoms with van der Waals surface area (Å²) in [5.41, 5.74) is 0.932. The van der Waals surface area contributed by atoms with Crippen molar-refractivity contribution in [1.29, 1.82) is 0 Å². The van der Waals surface area contributed by atoms with Crippen LogP contribution in [0.25, 0.3) is 0 Å². The normalized spacial score (nSPS) is 11.8. The van der Waals surface area contributed by atoms with E-state index in [4.69, 9.17) is 0 Å². The van der Waals surface area contributed by atoms with E-state index in [1.54, 1.807) is 19.1 Å². The van der Waals surface area contributed by atoms with Crippen molar-refractivity contribution in [2.24, 2.45) is 5.92 Å². The van der Waals surface area contributed by atoms with E-state index in [0.717, 1.165) is 25.7 Å². The lowest BCUT2D eigenvalue weighted by molar-refractivity contribution is -0.385. The number of carbonyl (C=O) groups excluding carboxylic acids is 1. The molecule has 2 amide bonds. The SMILES string of the molecule is CCCCC(CC)CNC(=O)Nc1cccc([N+](=O)[O-])c1C. The Morgan fingerprint density at radius 2 is 2.09 bits per heavy atom. The number of rotatable bonds is 8. The van der Waals surface area contributed by atoms with Gasteiger partial charge in [-0.15, -0.1) is 0 Å². The predicted molar refractivity (Wildman–Crippen MR) is 88.2 cm³/mol. The zero-order valence-corrected chi connectivity index (χ0v) is 13.5. The third kappa shape index (κ3) is 5.35. The lowest BCUT2D eigenvalue weighted by atomic mass is 9.99. The Morgan fingerprint density at radius 3 is 2.68 bits per heavy atom. The number of hydrogen-bond donors (Lipinski definition) is 2. The number of nitrogens with one attached hydrogen (secondary N) is 2. The van der Waals surface area contributed by atoms with Gasteiger partial charge in [0.15, 0.2) is 0 Å². The molecule has 1 aromatic rings. The molecule has 22 heavy (non-hydrogen) atoms. The topological polar surface area (TPSA) is 84.3 Å². The van der Waals surface area contributed by atoms with Gasteiger partial charge in [0.1, 0.15) is 0 Å². The van der Waals surface area contributed by atoms with Crippen molar-refractivity contribution in [2.75, 3.05) is 11.9 Å². The molecule has 1 aromatic carbocycles. The first kappa shape index (κ1) is 17.9. The maximum atomic E-state index is 11.9. The van der Waals surface area contributed by atoms with Crippen LogP contribution >= 0.6 is 0 Å². The van der Waals surface area contributed by atoms with Crippen molar-refractivity contribution in [1.82, 2.24) is 5.32 Å². The Bertz CT molecular complexity index is 517. The molecule has 0 saturated carbocycles. The van der Waals surface area contributed by atoms with Gasteiger partial charge in [-0.3, -0.25) is 10.1 Å².